The van der Waals surface area contributed by atoms with Crippen molar-refractivity contribution in [1.29, 1.82) is 0 Å². The first-order chi connectivity index (χ1) is 8.31. The molecule has 17 heavy (non-hydrogen) atoms. The summed E-state index contributed by atoms with van der Waals surface area (Å²) < 4.78 is 5.09. The molecule has 0 saturated heterocycles. The quantitative estimate of drug-likeness (QED) is 0.825. The van der Waals surface area contributed by atoms with E-state index >= 15 is 0 Å². The predicted molar refractivity (Wildman–Crippen MR) is 67.0 cm³/mol. The number of rotatable bonds is 4. The molecule has 0 aromatic heterocycles. The molecule has 0 radical (unpaired) electrons. The Bertz CT molecular complexity index is 404. The third-order valence-corrected chi connectivity index (χ3v) is 2.85. The summed E-state index contributed by atoms with van der Waals surface area (Å²) in [6.45, 7) is 4.40. The molecule has 0 saturated carbocycles. The Morgan fingerprint density at radius 1 is 1.53 bits per heavy atom. The van der Waals surface area contributed by atoms with Crippen LogP contribution in [-0.2, 0) is 22.5 Å². The smallest absolute Gasteiger partial charge is 0.250 e. The Morgan fingerprint density at radius 3 is 3.24 bits per heavy atom. The lowest BCUT2D eigenvalue weighted by molar-refractivity contribution is -0.120. The fraction of sp³-hybridized carbons (Fsp3) is 0.462. The van der Waals surface area contributed by atoms with Crippen molar-refractivity contribution in [3.8, 4) is 0 Å². The number of nitrogens with one attached hydrogen (secondary N) is 2. The number of carbonyl (C=O) groups is 1. The van der Waals surface area contributed by atoms with Crippen molar-refractivity contribution in [2.24, 2.45) is 0 Å². The van der Waals surface area contributed by atoms with Gasteiger partial charge in [-0.3, -0.25) is 4.79 Å². The predicted octanol–water partition coefficient (Wildman–Crippen LogP) is 1.31. The maximum Gasteiger partial charge on any atom is 0.250 e. The average molecular weight is 234 g/mol. The van der Waals surface area contributed by atoms with Gasteiger partial charge in [0.15, 0.2) is 0 Å². The van der Waals surface area contributed by atoms with E-state index in [9.17, 15) is 4.79 Å². The summed E-state index contributed by atoms with van der Waals surface area (Å²) in [5, 5.41) is 6.23. The molecular weight excluding hydrogens is 216 g/mol. The van der Waals surface area contributed by atoms with E-state index in [0.29, 0.717) is 6.61 Å². The number of hydrogen-bond donors (Lipinski definition) is 2. The molecule has 0 bridgehead atoms. The molecule has 0 unspecified atom stereocenters. The van der Waals surface area contributed by atoms with Crippen LogP contribution in [0.1, 0.15) is 18.1 Å². The molecule has 0 atom stereocenters. The zero-order valence-corrected chi connectivity index (χ0v) is 10.1. The zero-order valence-electron chi connectivity index (χ0n) is 10.1. The van der Waals surface area contributed by atoms with Crippen molar-refractivity contribution in [3.05, 3.63) is 29.3 Å². The molecule has 0 spiro atoms. The van der Waals surface area contributed by atoms with Crippen LogP contribution in [0.15, 0.2) is 18.2 Å². The van der Waals surface area contributed by atoms with Gasteiger partial charge in [0.25, 0.3) is 0 Å². The van der Waals surface area contributed by atoms with E-state index in [1.807, 2.05) is 19.1 Å². The van der Waals surface area contributed by atoms with Gasteiger partial charge in [-0.05, 0) is 37.1 Å². The lowest BCUT2D eigenvalue weighted by Crippen LogP contribution is -2.26. The van der Waals surface area contributed by atoms with Crippen LogP contribution in [-0.4, -0.2) is 25.7 Å². The minimum absolute atomic E-state index is 0.0845. The molecule has 1 aromatic carbocycles. The summed E-state index contributed by atoms with van der Waals surface area (Å²) in [5.41, 5.74) is 3.44. The highest BCUT2D eigenvalue weighted by atomic mass is 16.5. The lowest BCUT2D eigenvalue weighted by atomic mass is 9.99. The largest absolute Gasteiger partial charge is 0.372 e. The first kappa shape index (κ1) is 12.1. The number of benzene rings is 1. The van der Waals surface area contributed by atoms with Gasteiger partial charge < -0.3 is 15.4 Å². The molecule has 1 aliphatic heterocycles. The molecule has 92 valence electrons. The molecule has 4 heteroatoms. The Kier molecular flexibility index (Phi) is 4.12. The average Bonchev–Trinajstić information content (AvgIpc) is 2.37. The summed E-state index contributed by atoms with van der Waals surface area (Å²) in [4.78, 5) is 11.6. The Morgan fingerprint density at radius 2 is 2.41 bits per heavy atom. The van der Waals surface area contributed by atoms with Crippen LogP contribution < -0.4 is 10.6 Å². The third kappa shape index (κ3) is 3.05. The van der Waals surface area contributed by atoms with Crippen molar-refractivity contribution in [1.82, 2.24) is 5.32 Å². The number of fused-ring (bicyclic) bond motifs is 1. The van der Waals surface area contributed by atoms with Crippen LogP contribution in [0.3, 0.4) is 0 Å². The standard InChI is InChI=1S/C13H18N2O2/c1-2-17-9-13(16)15-12-5-3-4-10-8-14-7-6-11(10)12/h3-5,14H,2,6-9H2,1H3,(H,15,16). The van der Waals surface area contributed by atoms with Gasteiger partial charge in [0.1, 0.15) is 6.61 Å². The lowest BCUT2D eigenvalue weighted by Gasteiger charge is -2.20. The molecule has 0 fully saturated rings. The molecule has 1 heterocycles. The normalized spacial score (nSPS) is 14.2. The van der Waals surface area contributed by atoms with E-state index in [1.54, 1.807) is 0 Å². The van der Waals surface area contributed by atoms with E-state index in [2.05, 4.69) is 16.7 Å². The number of anilines is 1. The van der Waals surface area contributed by atoms with Gasteiger partial charge in [-0.1, -0.05) is 12.1 Å². The second kappa shape index (κ2) is 5.80. The van der Waals surface area contributed by atoms with Crippen molar-refractivity contribution in [2.45, 2.75) is 19.9 Å². The SMILES string of the molecule is CCOCC(=O)Nc1cccc2c1CCNC2. The first-order valence-electron chi connectivity index (χ1n) is 6.00. The molecule has 1 aromatic rings. The van der Waals surface area contributed by atoms with Gasteiger partial charge in [0, 0.05) is 18.8 Å². The van der Waals surface area contributed by atoms with Crippen LogP contribution in [0.5, 0.6) is 0 Å². The number of hydrogen-bond acceptors (Lipinski definition) is 3. The fourth-order valence-electron chi connectivity index (χ4n) is 2.03. The van der Waals surface area contributed by atoms with Crippen LogP contribution in [0, 0.1) is 0 Å². The highest BCUT2D eigenvalue weighted by Crippen LogP contribution is 2.22. The molecular formula is C13H18N2O2. The van der Waals surface area contributed by atoms with Crippen LogP contribution >= 0.6 is 0 Å². The number of ether oxygens (including phenoxy) is 1. The summed E-state index contributed by atoms with van der Waals surface area (Å²) in [7, 11) is 0. The van der Waals surface area contributed by atoms with Crippen LogP contribution in [0.4, 0.5) is 5.69 Å². The Labute approximate surface area is 101 Å². The van der Waals surface area contributed by atoms with Gasteiger partial charge in [-0.2, -0.15) is 0 Å². The minimum Gasteiger partial charge on any atom is -0.372 e. The highest BCUT2D eigenvalue weighted by Gasteiger charge is 2.13. The molecule has 1 aliphatic rings. The number of carbonyl (C=O) groups excluding carboxylic acids is 1. The minimum atomic E-state index is -0.0845. The van der Waals surface area contributed by atoms with E-state index in [4.69, 9.17) is 4.74 Å². The Hall–Kier alpha value is -1.39. The number of amides is 1. The summed E-state index contributed by atoms with van der Waals surface area (Å²) in [6, 6.07) is 6.02. The Balaban J connectivity index is 2.08. The molecule has 2 rings (SSSR count). The monoisotopic (exact) mass is 234 g/mol. The second-order valence-electron chi connectivity index (χ2n) is 4.06. The van der Waals surface area contributed by atoms with E-state index in [0.717, 1.165) is 25.2 Å². The van der Waals surface area contributed by atoms with Crippen molar-refractivity contribution >= 4 is 11.6 Å². The second-order valence-corrected chi connectivity index (χ2v) is 4.06. The van der Waals surface area contributed by atoms with E-state index in [1.165, 1.54) is 11.1 Å². The molecule has 4 nitrogen and oxygen atoms in total. The van der Waals surface area contributed by atoms with Crippen LogP contribution in [0.25, 0.3) is 0 Å². The van der Waals surface area contributed by atoms with Crippen molar-refractivity contribution in [3.63, 3.8) is 0 Å². The zero-order chi connectivity index (χ0) is 12.1. The highest BCUT2D eigenvalue weighted by molar-refractivity contribution is 5.92. The van der Waals surface area contributed by atoms with Gasteiger partial charge in [-0.25, -0.2) is 0 Å². The van der Waals surface area contributed by atoms with Crippen molar-refractivity contribution in [2.75, 3.05) is 25.1 Å². The van der Waals surface area contributed by atoms with E-state index < -0.39 is 0 Å². The van der Waals surface area contributed by atoms with Gasteiger partial charge in [0.05, 0.1) is 0 Å². The summed E-state index contributed by atoms with van der Waals surface area (Å²) in [5.74, 6) is -0.0845. The topological polar surface area (TPSA) is 50.4 Å². The molecule has 0 aliphatic carbocycles. The first-order valence-corrected chi connectivity index (χ1v) is 6.00. The van der Waals surface area contributed by atoms with Crippen molar-refractivity contribution < 1.29 is 9.53 Å². The summed E-state index contributed by atoms with van der Waals surface area (Å²) in [6.07, 6.45) is 0.959. The fourth-order valence-corrected chi connectivity index (χ4v) is 2.03. The molecule has 1 amide bonds. The third-order valence-electron chi connectivity index (χ3n) is 2.85. The van der Waals surface area contributed by atoms with Gasteiger partial charge in [0.2, 0.25) is 5.91 Å². The van der Waals surface area contributed by atoms with Crippen LogP contribution in [0.2, 0.25) is 0 Å². The molecule has 2 N–H and O–H groups in total. The van der Waals surface area contributed by atoms with E-state index in [-0.39, 0.29) is 12.5 Å². The maximum absolute atomic E-state index is 11.6. The summed E-state index contributed by atoms with van der Waals surface area (Å²) >= 11 is 0. The maximum atomic E-state index is 11.6. The van der Waals surface area contributed by atoms with Gasteiger partial charge in [-0.15, -0.1) is 0 Å². The van der Waals surface area contributed by atoms with Gasteiger partial charge >= 0.3 is 0 Å².